The summed E-state index contributed by atoms with van der Waals surface area (Å²) in [4.78, 5) is 27.7. The Labute approximate surface area is 143 Å². The number of hydrogen-bond acceptors (Lipinski definition) is 4. The molecule has 24 heavy (non-hydrogen) atoms. The molecule has 1 aliphatic heterocycles. The molecular formula is C18H27N3O3. The Kier molecular flexibility index (Phi) is 6.61. The van der Waals surface area contributed by atoms with Gasteiger partial charge in [0, 0.05) is 32.6 Å². The molecule has 132 valence electrons. The van der Waals surface area contributed by atoms with Crippen LogP contribution in [0.25, 0.3) is 0 Å². The minimum Gasteiger partial charge on any atom is -0.497 e. The first-order valence-corrected chi connectivity index (χ1v) is 8.45. The average Bonchev–Trinajstić information content (AvgIpc) is 2.85. The number of ether oxygens (including phenoxy) is 1. The van der Waals surface area contributed by atoms with Crippen LogP contribution in [0.15, 0.2) is 24.3 Å². The topological polar surface area (TPSA) is 75.9 Å². The van der Waals surface area contributed by atoms with Crippen LogP contribution in [0, 0.1) is 0 Å². The van der Waals surface area contributed by atoms with Crippen molar-refractivity contribution in [1.29, 1.82) is 0 Å². The molecule has 1 aromatic carbocycles. The largest absolute Gasteiger partial charge is 0.497 e. The zero-order valence-corrected chi connectivity index (χ0v) is 14.5. The summed E-state index contributed by atoms with van der Waals surface area (Å²) < 4.78 is 5.14. The number of benzene rings is 1. The summed E-state index contributed by atoms with van der Waals surface area (Å²) in [6, 6.07) is 7.53. The summed E-state index contributed by atoms with van der Waals surface area (Å²) in [6.45, 7) is 4.71. The summed E-state index contributed by atoms with van der Waals surface area (Å²) in [6.07, 6.45) is 2.09. The molecule has 0 spiro atoms. The monoisotopic (exact) mass is 333 g/mol. The van der Waals surface area contributed by atoms with E-state index in [-0.39, 0.29) is 17.9 Å². The van der Waals surface area contributed by atoms with Gasteiger partial charge in [-0.1, -0.05) is 12.1 Å². The highest BCUT2D eigenvalue weighted by Crippen LogP contribution is 2.14. The highest BCUT2D eigenvalue weighted by molar-refractivity contribution is 5.79. The Bertz CT molecular complexity index is 559. The van der Waals surface area contributed by atoms with Crippen LogP contribution in [0.5, 0.6) is 5.75 Å². The van der Waals surface area contributed by atoms with E-state index >= 15 is 0 Å². The fourth-order valence-corrected chi connectivity index (χ4v) is 2.96. The van der Waals surface area contributed by atoms with Crippen molar-refractivity contribution in [3.05, 3.63) is 29.8 Å². The first kappa shape index (κ1) is 18.3. The van der Waals surface area contributed by atoms with Crippen LogP contribution in [0.3, 0.4) is 0 Å². The third-order valence-electron chi connectivity index (χ3n) is 4.63. The Morgan fingerprint density at radius 2 is 1.88 bits per heavy atom. The molecule has 0 bridgehead atoms. The van der Waals surface area contributed by atoms with Crippen LogP contribution in [0.2, 0.25) is 0 Å². The Balaban J connectivity index is 1.82. The minimum absolute atomic E-state index is 0.166. The number of primary amides is 1. The smallest absolute Gasteiger partial charge is 0.234 e. The van der Waals surface area contributed by atoms with Gasteiger partial charge in [0.2, 0.25) is 11.8 Å². The second kappa shape index (κ2) is 8.68. The van der Waals surface area contributed by atoms with Gasteiger partial charge in [0.1, 0.15) is 5.75 Å². The van der Waals surface area contributed by atoms with Crippen molar-refractivity contribution >= 4 is 11.8 Å². The predicted molar refractivity (Wildman–Crippen MR) is 92.7 cm³/mol. The maximum absolute atomic E-state index is 12.4. The lowest BCUT2D eigenvalue weighted by molar-refractivity contribution is -0.131. The van der Waals surface area contributed by atoms with Crippen LogP contribution < -0.4 is 10.5 Å². The summed E-state index contributed by atoms with van der Waals surface area (Å²) >= 11 is 0. The lowest BCUT2D eigenvalue weighted by atomic mass is 10.1. The van der Waals surface area contributed by atoms with Gasteiger partial charge in [-0.3, -0.25) is 14.5 Å². The van der Waals surface area contributed by atoms with Crippen molar-refractivity contribution in [2.24, 2.45) is 5.73 Å². The van der Waals surface area contributed by atoms with E-state index in [0.29, 0.717) is 19.5 Å². The summed E-state index contributed by atoms with van der Waals surface area (Å²) in [5.74, 6) is 0.676. The molecule has 2 amide bonds. The van der Waals surface area contributed by atoms with Crippen molar-refractivity contribution in [1.82, 2.24) is 9.80 Å². The van der Waals surface area contributed by atoms with Crippen molar-refractivity contribution in [2.75, 3.05) is 33.3 Å². The van der Waals surface area contributed by atoms with E-state index in [1.165, 1.54) is 0 Å². The average molecular weight is 333 g/mol. The zero-order valence-electron chi connectivity index (χ0n) is 14.5. The van der Waals surface area contributed by atoms with Gasteiger partial charge in [-0.25, -0.2) is 0 Å². The van der Waals surface area contributed by atoms with Gasteiger partial charge in [-0.15, -0.1) is 0 Å². The molecule has 6 nitrogen and oxygen atoms in total. The maximum atomic E-state index is 12.4. The lowest BCUT2D eigenvalue weighted by Gasteiger charge is -2.25. The number of nitrogens with zero attached hydrogens (tertiary/aromatic N) is 2. The van der Waals surface area contributed by atoms with Gasteiger partial charge in [0.05, 0.1) is 13.2 Å². The van der Waals surface area contributed by atoms with E-state index in [1.54, 1.807) is 7.11 Å². The summed E-state index contributed by atoms with van der Waals surface area (Å²) in [5.41, 5.74) is 6.50. The molecule has 0 saturated carbocycles. The van der Waals surface area contributed by atoms with Crippen molar-refractivity contribution in [2.45, 2.75) is 32.2 Å². The first-order valence-electron chi connectivity index (χ1n) is 8.45. The SMILES string of the molecule is COc1ccc(CCC(=O)N2CCCN([C@H](C)C(N)=O)CC2)cc1. The number of methoxy groups -OCH3 is 1. The summed E-state index contributed by atoms with van der Waals surface area (Å²) in [7, 11) is 1.64. The normalized spacial score (nSPS) is 17.2. The standard InChI is InChI=1S/C18H27N3O3/c1-14(18(19)23)20-10-3-11-21(13-12-20)17(22)9-6-15-4-7-16(24-2)8-5-15/h4-5,7-8,14H,3,6,9-13H2,1-2H3,(H2,19,23)/t14-/m1/s1. The first-order chi connectivity index (χ1) is 11.5. The number of carbonyl (C=O) groups is 2. The van der Waals surface area contributed by atoms with Gasteiger partial charge >= 0.3 is 0 Å². The van der Waals surface area contributed by atoms with E-state index < -0.39 is 0 Å². The summed E-state index contributed by atoms with van der Waals surface area (Å²) in [5, 5.41) is 0. The van der Waals surface area contributed by atoms with E-state index in [1.807, 2.05) is 36.1 Å². The van der Waals surface area contributed by atoms with Crippen LogP contribution in [0.1, 0.15) is 25.3 Å². The number of carbonyl (C=O) groups excluding carboxylic acids is 2. The fraction of sp³-hybridized carbons (Fsp3) is 0.556. The number of nitrogens with two attached hydrogens (primary N) is 1. The zero-order chi connectivity index (χ0) is 17.5. The number of hydrogen-bond donors (Lipinski definition) is 1. The highest BCUT2D eigenvalue weighted by atomic mass is 16.5. The molecule has 1 aliphatic rings. The molecular weight excluding hydrogens is 306 g/mol. The maximum Gasteiger partial charge on any atom is 0.234 e. The molecule has 1 heterocycles. The van der Waals surface area contributed by atoms with Crippen LogP contribution in [-0.2, 0) is 16.0 Å². The van der Waals surface area contributed by atoms with E-state index in [2.05, 4.69) is 4.90 Å². The second-order valence-corrected chi connectivity index (χ2v) is 6.20. The van der Waals surface area contributed by atoms with Gasteiger partial charge in [-0.2, -0.15) is 0 Å². The third-order valence-corrected chi connectivity index (χ3v) is 4.63. The Hall–Kier alpha value is -2.08. The molecule has 6 heteroatoms. The third kappa shape index (κ3) is 4.96. The van der Waals surface area contributed by atoms with Gasteiger partial charge in [-0.05, 0) is 37.5 Å². The number of amides is 2. The minimum atomic E-state index is -0.311. The Morgan fingerprint density at radius 3 is 2.50 bits per heavy atom. The molecule has 0 unspecified atom stereocenters. The molecule has 2 N–H and O–H groups in total. The molecule has 1 saturated heterocycles. The van der Waals surface area contributed by atoms with Crippen molar-refractivity contribution in [3.63, 3.8) is 0 Å². The molecule has 1 aromatic rings. The second-order valence-electron chi connectivity index (χ2n) is 6.20. The molecule has 1 atom stereocenters. The lowest BCUT2D eigenvalue weighted by Crippen LogP contribution is -2.44. The van der Waals surface area contributed by atoms with E-state index in [4.69, 9.17) is 10.5 Å². The van der Waals surface area contributed by atoms with Gasteiger partial charge in [0.15, 0.2) is 0 Å². The quantitative estimate of drug-likeness (QED) is 0.844. The van der Waals surface area contributed by atoms with Crippen LogP contribution >= 0.6 is 0 Å². The van der Waals surface area contributed by atoms with Gasteiger partial charge in [0.25, 0.3) is 0 Å². The van der Waals surface area contributed by atoms with Crippen LogP contribution in [0.4, 0.5) is 0 Å². The molecule has 2 rings (SSSR count). The van der Waals surface area contributed by atoms with Gasteiger partial charge < -0.3 is 15.4 Å². The van der Waals surface area contributed by atoms with Crippen LogP contribution in [-0.4, -0.2) is 60.9 Å². The van der Waals surface area contributed by atoms with Crippen molar-refractivity contribution in [3.8, 4) is 5.75 Å². The number of aryl methyl sites for hydroxylation is 1. The van der Waals surface area contributed by atoms with E-state index in [0.717, 1.165) is 37.2 Å². The van der Waals surface area contributed by atoms with E-state index in [9.17, 15) is 9.59 Å². The number of rotatable bonds is 6. The van der Waals surface area contributed by atoms with Crippen molar-refractivity contribution < 1.29 is 14.3 Å². The molecule has 0 aromatic heterocycles. The molecule has 1 fully saturated rings. The fourth-order valence-electron chi connectivity index (χ4n) is 2.96. The molecule has 0 radical (unpaired) electrons. The Morgan fingerprint density at radius 1 is 1.17 bits per heavy atom. The highest BCUT2D eigenvalue weighted by Gasteiger charge is 2.24. The predicted octanol–water partition coefficient (Wildman–Crippen LogP) is 1.04. The molecule has 0 aliphatic carbocycles.